The number of benzene rings is 2. The molecule has 0 aliphatic carbocycles. The van der Waals surface area contributed by atoms with Crippen LogP contribution in [0.2, 0.25) is 5.02 Å². The summed E-state index contributed by atoms with van der Waals surface area (Å²) >= 11 is 6.45. The molecule has 1 saturated heterocycles. The number of halogens is 1. The number of rotatable bonds is 10. The van der Waals surface area contributed by atoms with E-state index in [0.717, 1.165) is 90.4 Å². The number of fused-ring (bicyclic) bond motifs is 2. The predicted octanol–water partition coefficient (Wildman–Crippen LogP) is 6.24. The van der Waals surface area contributed by atoms with Gasteiger partial charge in [0, 0.05) is 30.2 Å². The molecule has 2 aromatic heterocycles. The summed E-state index contributed by atoms with van der Waals surface area (Å²) in [5.74, 6) is 0.724. The Bertz CT molecular complexity index is 1380. The lowest BCUT2D eigenvalue weighted by Crippen LogP contribution is -2.36. The number of nitrogens with one attached hydrogen (secondary N) is 1. The lowest BCUT2D eigenvalue weighted by Gasteiger charge is -2.26. The fraction of sp³-hybridized carbons (Fsp3) is 0.357. The second-order valence-electron chi connectivity index (χ2n) is 9.01. The molecule has 1 aliphatic heterocycles. The van der Waals surface area contributed by atoms with Crippen LogP contribution in [0.3, 0.4) is 0 Å². The number of ether oxygens (including phenoxy) is 2. The van der Waals surface area contributed by atoms with Gasteiger partial charge in [-0.25, -0.2) is 4.98 Å². The first-order valence-corrected chi connectivity index (χ1v) is 12.9. The maximum absolute atomic E-state index is 6.45. The molecule has 4 aromatic rings. The van der Waals surface area contributed by atoms with E-state index in [1.807, 2.05) is 49.4 Å². The number of pyridine rings is 1. The summed E-state index contributed by atoms with van der Waals surface area (Å²) in [6, 6.07) is 13.8. The van der Waals surface area contributed by atoms with Gasteiger partial charge >= 0.3 is 0 Å². The number of furan rings is 1. The van der Waals surface area contributed by atoms with Crippen LogP contribution < -0.4 is 10.1 Å². The Hall–Kier alpha value is -3.33. The zero-order valence-corrected chi connectivity index (χ0v) is 21.9. The van der Waals surface area contributed by atoms with E-state index in [1.165, 1.54) is 6.26 Å². The summed E-state index contributed by atoms with van der Waals surface area (Å²) in [6.07, 6.45) is 3.58. The van der Waals surface area contributed by atoms with Crippen molar-refractivity contribution in [3.63, 3.8) is 0 Å². The Balaban J connectivity index is 1.23. The number of aromatic nitrogens is 1. The van der Waals surface area contributed by atoms with E-state index >= 15 is 0 Å². The Kier molecular flexibility index (Phi) is 8.08. The van der Waals surface area contributed by atoms with Crippen molar-refractivity contribution in [3.8, 4) is 5.75 Å². The van der Waals surface area contributed by atoms with Gasteiger partial charge in [-0.05, 0) is 56.1 Å². The van der Waals surface area contributed by atoms with Crippen LogP contribution >= 0.6 is 11.6 Å². The molecule has 1 fully saturated rings. The van der Waals surface area contributed by atoms with Gasteiger partial charge < -0.3 is 24.0 Å². The maximum atomic E-state index is 6.45. The van der Waals surface area contributed by atoms with E-state index in [4.69, 9.17) is 30.3 Å². The molecule has 0 bridgehead atoms. The first-order valence-electron chi connectivity index (χ1n) is 12.5. The second-order valence-corrected chi connectivity index (χ2v) is 9.41. The molecule has 8 nitrogen and oxygen atoms in total. The van der Waals surface area contributed by atoms with Gasteiger partial charge in [-0.3, -0.25) is 4.90 Å². The molecule has 194 valence electrons. The molecule has 0 radical (unpaired) electrons. The fourth-order valence-corrected chi connectivity index (χ4v) is 4.63. The summed E-state index contributed by atoms with van der Waals surface area (Å²) in [5.41, 5.74) is 4.79. The zero-order valence-electron chi connectivity index (χ0n) is 21.1. The molecule has 0 atom stereocenters. The lowest BCUT2D eigenvalue weighted by molar-refractivity contribution is 0.0358. The van der Waals surface area contributed by atoms with Crippen molar-refractivity contribution in [1.82, 2.24) is 9.88 Å². The highest BCUT2D eigenvalue weighted by molar-refractivity contribution is 6.37. The smallest absolute Gasteiger partial charge is 0.230 e. The number of hydrogen-bond donors (Lipinski definition) is 1. The third-order valence-electron chi connectivity index (χ3n) is 6.51. The number of oxime groups is 1. The standard InChI is InChI=1S/C28H31ClN4O4/c1-19(32-37-14-4-3-11-33-12-15-35-16-13-33)20-5-7-21(8-6-20)30-27-23-10-9-22(34-2)17-25(23)31-28-26(27)24(29)18-36-28/h5-10,17-18H,3-4,11-16H2,1-2H3,(H,30,31)/b32-19+. The van der Waals surface area contributed by atoms with E-state index < -0.39 is 0 Å². The van der Waals surface area contributed by atoms with Gasteiger partial charge in [0.25, 0.3) is 0 Å². The molecule has 2 aromatic carbocycles. The number of anilines is 2. The average molecular weight is 523 g/mol. The van der Waals surface area contributed by atoms with Crippen molar-refractivity contribution in [2.45, 2.75) is 19.8 Å². The normalized spacial score (nSPS) is 14.8. The van der Waals surface area contributed by atoms with Crippen molar-refractivity contribution in [2.24, 2.45) is 5.16 Å². The summed E-state index contributed by atoms with van der Waals surface area (Å²) in [6.45, 7) is 7.37. The van der Waals surface area contributed by atoms with Crippen LogP contribution in [0.25, 0.3) is 22.0 Å². The van der Waals surface area contributed by atoms with E-state index in [0.29, 0.717) is 17.3 Å². The van der Waals surface area contributed by atoms with Crippen molar-refractivity contribution in [3.05, 3.63) is 59.3 Å². The minimum absolute atomic E-state index is 0.468. The summed E-state index contributed by atoms with van der Waals surface area (Å²) in [4.78, 5) is 12.6. The maximum Gasteiger partial charge on any atom is 0.230 e. The Morgan fingerprint density at radius 2 is 1.95 bits per heavy atom. The quantitative estimate of drug-likeness (QED) is 0.150. The first kappa shape index (κ1) is 25.3. The largest absolute Gasteiger partial charge is 0.497 e. The molecule has 37 heavy (non-hydrogen) atoms. The molecule has 0 amide bonds. The molecule has 9 heteroatoms. The number of methoxy groups -OCH3 is 1. The Morgan fingerprint density at radius 1 is 1.14 bits per heavy atom. The van der Waals surface area contributed by atoms with Crippen LogP contribution in [0.1, 0.15) is 25.3 Å². The molecule has 0 saturated carbocycles. The highest BCUT2D eigenvalue weighted by atomic mass is 35.5. The van der Waals surface area contributed by atoms with Gasteiger partial charge in [-0.15, -0.1) is 0 Å². The third kappa shape index (κ3) is 5.98. The zero-order chi connectivity index (χ0) is 25.6. The van der Waals surface area contributed by atoms with Gasteiger partial charge in [0.2, 0.25) is 5.71 Å². The Labute approximate surface area is 221 Å². The predicted molar refractivity (Wildman–Crippen MR) is 147 cm³/mol. The third-order valence-corrected chi connectivity index (χ3v) is 6.79. The topological polar surface area (TPSA) is 81.3 Å². The van der Waals surface area contributed by atoms with Gasteiger partial charge in [0.15, 0.2) is 0 Å². The summed E-state index contributed by atoms with van der Waals surface area (Å²) in [5, 5.41) is 9.97. The van der Waals surface area contributed by atoms with Crippen LogP contribution in [0.5, 0.6) is 5.75 Å². The fourth-order valence-electron chi connectivity index (χ4n) is 4.41. The van der Waals surface area contributed by atoms with Crippen LogP contribution in [0.4, 0.5) is 11.4 Å². The molecular weight excluding hydrogens is 492 g/mol. The minimum atomic E-state index is 0.468. The minimum Gasteiger partial charge on any atom is -0.497 e. The van der Waals surface area contributed by atoms with E-state index in [-0.39, 0.29) is 0 Å². The van der Waals surface area contributed by atoms with Gasteiger partial charge in [0.1, 0.15) is 18.6 Å². The first-order chi connectivity index (χ1) is 18.1. The molecule has 1 N–H and O–H groups in total. The van der Waals surface area contributed by atoms with Crippen LogP contribution in [0, 0.1) is 0 Å². The SMILES string of the molecule is COc1ccc2c(Nc3ccc(/C(C)=N/OCCCCN4CCOCC4)cc3)c3c(Cl)coc3nc2c1. The lowest BCUT2D eigenvalue weighted by atomic mass is 10.1. The molecule has 5 rings (SSSR count). The number of morpholine rings is 1. The van der Waals surface area contributed by atoms with Crippen molar-refractivity contribution in [1.29, 1.82) is 0 Å². The molecular formula is C28H31ClN4O4. The van der Waals surface area contributed by atoms with Crippen molar-refractivity contribution < 1.29 is 18.7 Å². The second kappa shape index (κ2) is 11.8. The molecule has 3 heterocycles. The van der Waals surface area contributed by atoms with Crippen LogP contribution in [-0.4, -0.2) is 62.2 Å². The van der Waals surface area contributed by atoms with E-state index in [9.17, 15) is 0 Å². The van der Waals surface area contributed by atoms with Gasteiger partial charge in [0.05, 0.1) is 47.6 Å². The summed E-state index contributed by atoms with van der Waals surface area (Å²) in [7, 11) is 1.63. The van der Waals surface area contributed by atoms with Crippen LogP contribution in [-0.2, 0) is 9.57 Å². The van der Waals surface area contributed by atoms with Crippen molar-refractivity contribution in [2.75, 3.05) is 51.9 Å². The van der Waals surface area contributed by atoms with Crippen LogP contribution in [0.15, 0.2) is 58.3 Å². The van der Waals surface area contributed by atoms with Gasteiger partial charge in [-0.2, -0.15) is 0 Å². The average Bonchev–Trinajstić information content (AvgIpc) is 3.31. The van der Waals surface area contributed by atoms with Crippen molar-refractivity contribution >= 4 is 50.7 Å². The molecule has 0 unspecified atom stereocenters. The van der Waals surface area contributed by atoms with E-state index in [2.05, 4.69) is 20.4 Å². The highest BCUT2D eigenvalue weighted by Crippen LogP contribution is 2.39. The van der Waals surface area contributed by atoms with Gasteiger partial charge in [-0.1, -0.05) is 28.9 Å². The Morgan fingerprint density at radius 3 is 2.73 bits per heavy atom. The highest BCUT2D eigenvalue weighted by Gasteiger charge is 2.16. The number of nitrogens with zero attached hydrogens (tertiary/aromatic N) is 3. The summed E-state index contributed by atoms with van der Waals surface area (Å²) < 4.78 is 16.3. The number of hydrogen-bond acceptors (Lipinski definition) is 8. The number of unbranched alkanes of at least 4 members (excludes halogenated alkanes) is 1. The van der Waals surface area contributed by atoms with E-state index in [1.54, 1.807) is 7.11 Å². The monoisotopic (exact) mass is 522 g/mol. The molecule has 1 aliphatic rings. The molecule has 0 spiro atoms.